The smallest absolute Gasteiger partial charge is 0.237 e. The van der Waals surface area contributed by atoms with Crippen LogP contribution in [0.1, 0.15) is 19.3 Å². The quantitative estimate of drug-likeness (QED) is 0.384. The molecule has 136 valence electrons. The molecule has 1 saturated heterocycles. The van der Waals surface area contributed by atoms with Crippen LogP contribution in [0, 0.1) is 14.9 Å². The zero-order chi connectivity index (χ0) is 18.5. The van der Waals surface area contributed by atoms with Crippen molar-refractivity contribution in [2.24, 2.45) is 11.3 Å². The zero-order valence-corrected chi connectivity index (χ0v) is 16.7. The van der Waals surface area contributed by atoms with E-state index in [0.717, 1.165) is 18.8 Å². The molecule has 26 heavy (non-hydrogen) atoms. The summed E-state index contributed by atoms with van der Waals surface area (Å²) >= 11 is 2.28. The molecule has 4 rings (SSSR count). The van der Waals surface area contributed by atoms with Gasteiger partial charge in [-0.15, -0.1) is 0 Å². The second-order valence-electron chi connectivity index (χ2n) is 7.51. The van der Waals surface area contributed by atoms with Gasteiger partial charge in [-0.2, -0.15) is 0 Å². The summed E-state index contributed by atoms with van der Waals surface area (Å²) in [6, 6.07) is 8.32. The number of benzene rings is 1. The van der Waals surface area contributed by atoms with E-state index >= 15 is 0 Å². The van der Waals surface area contributed by atoms with Gasteiger partial charge in [-0.25, -0.2) is 0 Å². The highest BCUT2D eigenvalue weighted by Gasteiger charge is 2.59. The number of carbonyl (C=O) groups excluding carboxylic acids is 3. The van der Waals surface area contributed by atoms with Crippen molar-refractivity contribution >= 4 is 45.8 Å². The summed E-state index contributed by atoms with van der Waals surface area (Å²) in [5.74, 6) is -0.486. The van der Waals surface area contributed by atoms with Crippen LogP contribution in [0.15, 0.2) is 36.4 Å². The Bertz CT molecular complexity index is 796. The highest BCUT2D eigenvalue weighted by atomic mass is 127. The average Bonchev–Trinajstić information content (AvgIpc) is 2.83. The second-order valence-corrected chi connectivity index (χ2v) is 8.76. The molecule has 6 heteroatoms. The number of rotatable bonds is 2. The first-order chi connectivity index (χ1) is 12.4. The van der Waals surface area contributed by atoms with Gasteiger partial charge in [0, 0.05) is 48.3 Å². The lowest BCUT2D eigenvalue weighted by molar-refractivity contribution is -0.151. The molecule has 3 aliphatic rings. The van der Waals surface area contributed by atoms with Crippen LogP contribution >= 0.6 is 22.6 Å². The Hall–Kier alpha value is -1.70. The molecule has 1 aliphatic heterocycles. The van der Waals surface area contributed by atoms with Gasteiger partial charge < -0.3 is 9.80 Å². The summed E-state index contributed by atoms with van der Waals surface area (Å²) in [5, 5.41) is 0. The van der Waals surface area contributed by atoms with Gasteiger partial charge >= 0.3 is 0 Å². The molecule has 2 bridgehead atoms. The minimum atomic E-state index is -1.16. The molecule has 1 aromatic carbocycles. The second kappa shape index (κ2) is 6.48. The average molecular weight is 464 g/mol. The van der Waals surface area contributed by atoms with E-state index in [-0.39, 0.29) is 29.8 Å². The van der Waals surface area contributed by atoms with Gasteiger partial charge in [-0.3, -0.25) is 14.4 Å². The standard InChI is InChI=1S/C20H21IN2O3/c1-13-14-10-17(24)12-20(11-14,18(13)25)19(26)23-8-6-22(7-9-23)16-4-2-15(21)3-5-16/h2-5,14H,1,6-12H2. The van der Waals surface area contributed by atoms with Crippen LogP contribution in [0.3, 0.4) is 0 Å². The van der Waals surface area contributed by atoms with Crippen molar-refractivity contribution in [1.82, 2.24) is 4.90 Å². The highest BCUT2D eigenvalue weighted by Crippen LogP contribution is 2.51. The van der Waals surface area contributed by atoms with Gasteiger partial charge in [0.15, 0.2) is 5.78 Å². The van der Waals surface area contributed by atoms with Crippen LogP contribution in [0.5, 0.6) is 0 Å². The summed E-state index contributed by atoms with van der Waals surface area (Å²) in [7, 11) is 0. The molecule has 5 nitrogen and oxygen atoms in total. The Kier molecular flexibility index (Phi) is 4.41. The van der Waals surface area contributed by atoms with Crippen LogP contribution < -0.4 is 4.90 Å². The van der Waals surface area contributed by atoms with Crippen molar-refractivity contribution in [2.45, 2.75) is 19.3 Å². The third-order valence-electron chi connectivity index (χ3n) is 5.96. The Labute approximate surface area is 166 Å². The molecule has 2 saturated carbocycles. The number of amides is 1. The number of carbonyl (C=O) groups is 3. The molecule has 2 unspecified atom stereocenters. The molecule has 1 aromatic rings. The van der Waals surface area contributed by atoms with E-state index < -0.39 is 5.41 Å². The fraction of sp³-hybridized carbons (Fsp3) is 0.450. The predicted molar refractivity (Wildman–Crippen MR) is 107 cm³/mol. The van der Waals surface area contributed by atoms with Crippen LogP contribution in [-0.4, -0.2) is 48.6 Å². The molecule has 3 fully saturated rings. The maximum atomic E-state index is 13.2. The van der Waals surface area contributed by atoms with Gasteiger partial charge in [0.05, 0.1) is 0 Å². The number of anilines is 1. The first kappa shape index (κ1) is 17.7. The summed E-state index contributed by atoms with van der Waals surface area (Å²) in [4.78, 5) is 42.1. The van der Waals surface area contributed by atoms with Gasteiger partial charge in [0.1, 0.15) is 11.2 Å². The fourth-order valence-corrected chi connectivity index (χ4v) is 4.90. The molecule has 0 aromatic heterocycles. The van der Waals surface area contributed by atoms with Crippen LogP contribution in [-0.2, 0) is 14.4 Å². The molecule has 0 spiro atoms. The van der Waals surface area contributed by atoms with E-state index in [9.17, 15) is 14.4 Å². The monoisotopic (exact) mass is 464 g/mol. The molecule has 0 radical (unpaired) electrons. The number of ketones is 2. The van der Waals surface area contributed by atoms with E-state index in [2.05, 4.69) is 58.3 Å². The first-order valence-electron chi connectivity index (χ1n) is 8.96. The minimum absolute atomic E-state index is 0.0131. The number of piperazine rings is 1. The van der Waals surface area contributed by atoms with E-state index in [1.807, 2.05) is 0 Å². The normalized spacial score (nSPS) is 28.7. The molecule has 1 heterocycles. The lowest BCUT2D eigenvalue weighted by Crippen LogP contribution is -2.55. The van der Waals surface area contributed by atoms with E-state index in [4.69, 9.17) is 0 Å². The zero-order valence-electron chi connectivity index (χ0n) is 14.5. The number of Topliss-reactive ketones (excluding diaryl/α,β-unsaturated/α-hetero) is 2. The SMILES string of the molecule is C=C1C(=O)C2(C(=O)N3CCN(c4ccc(I)cc4)CC3)CC(=O)CC1C2. The maximum absolute atomic E-state index is 13.2. The lowest BCUT2D eigenvalue weighted by Gasteiger charge is -2.40. The molecule has 0 N–H and O–H groups in total. The number of halogens is 1. The Morgan fingerprint density at radius 3 is 2.42 bits per heavy atom. The largest absolute Gasteiger partial charge is 0.368 e. The van der Waals surface area contributed by atoms with Crippen LogP contribution in [0.4, 0.5) is 5.69 Å². The van der Waals surface area contributed by atoms with Crippen molar-refractivity contribution in [3.05, 3.63) is 40.0 Å². The molecular formula is C20H21IN2O3. The minimum Gasteiger partial charge on any atom is -0.368 e. The molecule has 1 amide bonds. The fourth-order valence-electron chi connectivity index (χ4n) is 4.54. The van der Waals surface area contributed by atoms with Gasteiger partial charge in [0.25, 0.3) is 0 Å². The third kappa shape index (κ3) is 2.78. The van der Waals surface area contributed by atoms with Crippen molar-refractivity contribution < 1.29 is 14.4 Å². The Balaban J connectivity index is 1.48. The van der Waals surface area contributed by atoms with Gasteiger partial charge in [-0.05, 0) is 64.8 Å². The summed E-state index contributed by atoms with van der Waals surface area (Å²) in [6.07, 6.45) is 0.879. The molecular weight excluding hydrogens is 443 g/mol. The van der Waals surface area contributed by atoms with Gasteiger partial charge in [0.2, 0.25) is 5.91 Å². The third-order valence-corrected chi connectivity index (χ3v) is 6.67. The van der Waals surface area contributed by atoms with E-state index in [1.54, 1.807) is 4.90 Å². The Morgan fingerprint density at radius 1 is 1.12 bits per heavy atom. The first-order valence-corrected chi connectivity index (χ1v) is 10.0. The topological polar surface area (TPSA) is 57.7 Å². The predicted octanol–water partition coefficient (Wildman–Crippen LogP) is 2.43. The van der Waals surface area contributed by atoms with Crippen LogP contribution in [0.25, 0.3) is 0 Å². The summed E-state index contributed by atoms with van der Waals surface area (Å²) in [6.45, 7) is 6.47. The number of hydrogen-bond acceptors (Lipinski definition) is 4. The van der Waals surface area contributed by atoms with Crippen molar-refractivity contribution in [1.29, 1.82) is 0 Å². The van der Waals surface area contributed by atoms with Crippen LogP contribution in [0.2, 0.25) is 0 Å². The molecule has 2 atom stereocenters. The summed E-state index contributed by atoms with van der Waals surface area (Å²) in [5.41, 5.74) is 0.456. The summed E-state index contributed by atoms with van der Waals surface area (Å²) < 4.78 is 1.19. The number of allylic oxidation sites excluding steroid dienone is 1. The molecule has 2 aliphatic carbocycles. The highest BCUT2D eigenvalue weighted by molar-refractivity contribution is 14.1. The number of fused-ring (bicyclic) bond motifs is 2. The lowest BCUT2D eigenvalue weighted by atomic mass is 9.73. The maximum Gasteiger partial charge on any atom is 0.237 e. The Morgan fingerprint density at radius 2 is 1.77 bits per heavy atom. The number of hydrogen-bond donors (Lipinski definition) is 0. The van der Waals surface area contributed by atoms with Crippen molar-refractivity contribution in [3.63, 3.8) is 0 Å². The van der Waals surface area contributed by atoms with Crippen molar-refractivity contribution in [2.75, 3.05) is 31.1 Å². The van der Waals surface area contributed by atoms with E-state index in [1.165, 1.54) is 3.57 Å². The van der Waals surface area contributed by atoms with Crippen molar-refractivity contribution in [3.8, 4) is 0 Å². The van der Waals surface area contributed by atoms with E-state index in [0.29, 0.717) is 31.5 Å². The number of nitrogens with zero attached hydrogens (tertiary/aromatic N) is 2. The van der Waals surface area contributed by atoms with Gasteiger partial charge in [-0.1, -0.05) is 6.58 Å².